The zero-order valence-corrected chi connectivity index (χ0v) is 26.8. The van der Waals surface area contributed by atoms with Crippen LogP contribution in [0.4, 0.5) is 21.2 Å². The highest BCUT2D eigenvalue weighted by Gasteiger charge is 2.67. The quantitative estimate of drug-likeness (QED) is 0.258. The van der Waals surface area contributed by atoms with E-state index in [-0.39, 0.29) is 18.4 Å². The molecule has 3 aromatic rings. The third kappa shape index (κ3) is 5.39. The predicted molar refractivity (Wildman–Crippen MR) is 169 cm³/mol. The Morgan fingerprint density at radius 2 is 1.84 bits per heavy atom. The fourth-order valence-corrected chi connectivity index (χ4v) is 10.1. The molecule has 1 spiro atoms. The molecular formula is C33H42FN5O4Si. The van der Waals surface area contributed by atoms with Gasteiger partial charge in [0.1, 0.15) is 0 Å². The highest BCUT2D eigenvalue weighted by Crippen LogP contribution is 2.61. The highest BCUT2D eigenvalue weighted by atomic mass is 28.4. The van der Waals surface area contributed by atoms with Gasteiger partial charge in [-0.2, -0.15) is 0 Å². The Morgan fingerprint density at radius 3 is 2.59 bits per heavy atom. The van der Waals surface area contributed by atoms with Crippen molar-refractivity contribution in [1.29, 1.82) is 0 Å². The van der Waals surface area contributed by atoms with Crippen LogP contribution in [0.1, 0.15) is 56.7 Å². The first-order valence-electron chi connectivity index (χ1n) is 15.9. The summed E-state index contributed by atoms with van der Waals surface area (Å²) in [5.74, 6) is -0.582. The van der Waals surface area contributed by atoms with Crippen LogP contribution in [0.3, 0.4) is 0 Å². The van der Waals surface area contributed by atoms with Crippen molar-refractivity contribution in [2.75, 3.05) is 23.0 Å². The van der Waals surface area contributed by atoms with Crippen molar-refractivity contribution in [2.24, 2.45) is 5.92 Å². The first kappa shape index (κ1) is 30.6. The van der Waals surface area contributed by atoms with Crippen LogP contribution >= 0.6 is 0 Å². The number of aliphatic hydroxyl groups excluding tert-OH is 1. The van der Waals surface area contributed by atoms with Crippen LogP contribution in [-0.4, -0.2) is 59.6 Å². The number of halogens is 1. The summed E-state index contributed by atoms with van der Waals surface area (Å²) in [5.41, 5.74) is 1.71. The maximum absolute atomic E-state index is 16.3. The molecule has 1 N–H and O–H groups in total. The van der Waals surface area contributed by atoms with Crippen molar-refractivity contribution in [3.8, 4) is 0 Å². The second kappa shape index (κ2) is 12.2. The Morgan fingerprint density at radius 1 is 1.07 bits per heavy atom. The molecule has 0 unspecified atom stereocenters. The molecule has 0 saturated carbocycles. The SMILES string of the molecule is C[C@@H]1[C@@H]([Si](C)(C)F)[C@H](CCn2cc(CCO)nn2)O[C@@]12C(=O)N(c1ccccc1)c1ccc(N3CCCCCCC3=O)cc12. The number of benzene rings is 2. The first-order valence-corrected chi connectivity index (χ1v) is 18.8. The van der Waals surface area contributed by atoms with E-state index in [4.69, 9.17) is 4.74 Å². The number of rotatable bonds is 8. The largest absolute Gasteiger partial charge is 0.396 e. The summed E-state index contributed by atoms with van der Waals surface area (Å²) >= 11 is 0. The minimum atomic E-state index is -3.35. The molecule has 1 aromatic heterocycles. The van der Waals surface area contributed by atoms with E-state index in [2.05, 4.69) is 10.3 Å². The number of aliphatic hydroxyl groups is 1. The molecule has 2 fully saturated rings. The van der Waals surface area contributed by atoms with Gasteiger partial charge in [0.2, 0.25) is 14.3 Å². The Balaban J connectivity index is 1.42. The zero-order valence-electron chi connectivity index (χ0n) is 25.8. The number of hydrogen-bond donors (Lipinski definition) is 1. The molecule has 0 aliphatic carbocycles. The lowest BCUT2D eigenvalue weighted by Gasteiger charge is -2.31. The average molecular weight is 620 g/mol. The smallest absolute Gasteiger partial charge is 0.268 e. The molecule has 6 rings (SSSR count). The molecule has 11 heteroatoms. The Hall–Kier alpha value is -3.41. The maximum atomic E-state index is 16.3. The molecule has 0 radical (unpaired) electrons. The number of carbonyl (C=O) groups is 2. The van der Waals surface area contributed by atoms with Gasteiger partial charge in [-0.1, -0.05) is 43.2 Å². The van der Waals surface area contributed by atoms with Crippen molar-refractivity contribution in [3.05, 3.63) is 66.0 Å². The summed E-state index contributed by atoms with van der Waals surface area (Å²) in [4.78, 5) is 31.6. The number of fused-ring (bicyclic) bond motifs is 2. The minimum Gasteiger partial charge on any atom is -0.396 e. The van der Waals surface area contributed by atoms with Crippen LogP contribution in [0.15, 0.2) is 54.7 Å². The standard InChI is InChI=1S/C33H42FN5O4Si/c1-23-31(44(2,3)34)29(16-19-37-22-24(17-20-40)35-36-37)43-33(23)27-21-26(38-18-10-5-4-9-13-30(38)41)14-15-28(27)39(32(33)42)25-11-7-6-8-12-25/h6-8,11-12,14-15,21-23,29,31,40H,4-5,9-10,13,16-20H2,1-3H3/t23-,29+,31-,33+/m1/s1. The Kier molecular flexibility index (Phi) is 8.47. The Labute approximate surface area is 259 Å². The summed E-state index contributed by atoms with van der Waals surface area (Å²) in [6.07, 6.45) is 6.55. The third-order valence-electron chi connectivity index (χ3n) is 9.60. The Bertz CT molecular complexity index is 1510. The van der Waals surface area contributed by atoms with Crippen LogP contribution in [0.25, 0.3) is 0 Å². The summed E-state index contributed by atoms with van der Waals surface area (Å²) in [6, 6.07) is 15.3. The fourth-order valence-electron chi connectivity index (χ4n) is 7.60. The number of aryl methyl sites for hydroxylation is 1. The van der Waals surface area contributed by atoms with E-state index < -0.39 is 31.6 Å². The fraction of sp³-hybridized carbons (Fsp3) is 0.515. The summed E-state index contributed by atoms with van der Waals surface area (Å²) in [5, 5.41) is 17.6. The van der Waals surface area contributed by atoms with Gasteiger partial charge in [-0.3, -0.25) is 19.2 Å². The van der Waals surface area contributed by atoms with Gasteiger partial charge >= 0.3 is 0 Å². The number of ether oxygens (including phenoxy) is 1. The number of para-hydroxylation sites is 1. The summed E-state index contributed by atoms with van der Waals surface area (Å²) in [6.45, 7) is 6.41. The van der Waals surface area contributed by atoms with Crippen LogP contribution in [0.2, 0.25) is 18.6 Å². The van der Waals surface area contributed by atoms with Crippen molar-refractivity contribution in [3.63, 3.8) is 0 Å². The predicted octanol–water partition coefficient (Wildman–Crippen LogP) is 5.65. The lowest BCUT2D eigenvalue weighted by molar-refractivity contribution is -0.145. The van der Waals surface area contributed by atoms with Crippen LogP contribution in [-0.2, 0) is 32.9 Å². The van der Waals surface area contributed by atoms with Crippen LogP contribution in [0.5, 0.6) is 0 Å². The summed E-state index contributed by atoms with van der Waals surface area (Å²) in [7, 11) is -3.35. The van der Waals surface area contributed by atoms with Crippen molar-refractivity contribution < 1.29 is 23.5 Å². The maximum Gasteiger partial charge on any atom is 0.268 e. The lowest BCUT2D eigenvalue weighted by atomic mass is 9.82. The van der Waals surface area contributed by atoms with Gasteiger partial charge in [0, 0.05) is 67.1 Å². The molecule has 0 bridgehead atoms. The normalized spacial score (nSPS) is 25.9. The van der Waals surface area contributed by atoms with E-state index >= 15 is 4.11 Å². The van der Waals surface area contributed by atoms with Gasteiger partial charge in [-0.25, -0.2) is 0 Å². The molecule has 4 heterocycles. The number of hydrogen-bond acceptors (Lipinski definition) is 6. The van der Waals surface area contributed by atoms with Gasteiger partial charge in [-0.15, -0.1) is 5.10 Å². The number of aromatic nitrogens is 3. The average Bonchev–Trinajstić information content (AvgIpc) is 3.63. The second-order valence-electron chi connectivity index (χ2n) is 12.9. The summed E-state index contributed by atoms with van der Waals surface area (Å²) < 4.78 is 24.9. The van der Waals surface area contributed by atoms with Crippen molar-refractivity contribution in [1.82, 2.24) is 15.0 Å². The monoisotopic (exact) mass is 619 g/mol. The van der Waals surface area contributed by atoms with Gasteiger partial charge in [0.15, 0.2) is 5.60 Å². The molecule has 44 heavy (non-hydrogen) atoms. The van der Waals surface area contributed by atoms with Gasteiger partial charge < -0.3 is 18.9 Å². The molecule has 9 nitrogen and oxygen atoms in total. The first-order chi connectivity index (χ1) is 21.1. The number of anilines is 3. The van der Waals surface area contributed by atoms with Crippen LogP contribution in [0, 0.1) is 5.92 Å². The van der Waals surface area contributed by atoms with Crippen molar-refractivity contribution in [2.45, 2.75) is 88.8 Å². The number of carbonyl (C=O) groups excluding carboxylic acids is 2. The number of nitrogens with zero attached hydrogens (tertiary/aromatic N) is 5. The van der Waals surface area contributed by atoms with Gasteiger partial charge in [-0.05, 0) is 62.7 Å². The zero-order chi connectivity index (χ0) is 31.1. The molecule has 2 saturated heterocycles. The van der Waals surface area contributed by atoms with E-state index in [1.165, 1.54) is 0 Å². The van der Waals surface area contributed by atoms with Gasteiger partial charge in [0.05, 0.1) is 17.5 Å². The molecule has 2 aromatic carbocycles. The molecule has 2 amide bonds. The highest BCUT2D eigenvalue weighted by molar-refractivity contribution is 6.72. The topological polar surface area (TPSA) is 101 Å². The number of amides is 2. The minimum absolute atomic E-state index is 0.0153. The molecule has 234 valence electrons. The molecule has 3 aliphatic rings. The van der Waals surface area contributed by atoms with Crippen LogP contribution < -0.4 is 9.80 Å². The van der Waals surface area contributed by atoms with Gasteiger partial charge in [0.25, 0.3) is 5.91 Å². The molecular weight excluding hydrogens is 577 g/mol. The van der Waals surface area contributed by atoms with E-state index in [9.17, 15) is 14.7 Å². The molecule has 4 atom stereocenters. The molecule has 3 aliphatic heterocycles. The van der Waals surface area contributed by atoms with E-state index in [0.29, 0.717) is 49.3 Å². The van der Waals surface area contributed by atoms with E-state index in [1.54, 1.807) is 28.9 Å². The van der Waals surface area contributed by atoms with E-state index in [0.717, 1.165) is 37.1 Å². The van der Waals surface area contributed by atoms with E-state index in [1.807, 2.05) is 60.4 Å². The second-order valence-corrected chi connectivity index (χ2v) is 16.7. The third-order valence-corrected chi connectivity index (χ3v) is 12.1. The van der Waals surface area contributed by atoms with Crippen molar-refractivity contribution >= 4 is 37.3 Å². The lowest BCUT2D eigenvalue weighted by Crippen LogP contribution is -2.44.